The van der Waals surface area contributed by atoms with Gasteiger partial charge in [-0.15, -0.1) is 11.6 Å². The van der Waals surface area contributed by atoms with Gasteiger partial charge in [-0.25, -0.2) is 0 Å². The fourth-order valence-corrected chi connectivity index (χ4v) is 6.66. The molecule has 0 radical (unpaired) electrons. The molecule has 2 rings (SSSR count). The molecule has 3 heteroatoms. The minimum atomic E-state index is -2.32. The highest BCUT2D eigenvalue weighted by atomic mass is 35.5. The first-order chi connectivity index (χ1) is 9.19. The van der Waals surface area contributed by atoms with Crippen LogP contribution in [0.2, 0.25) is 0 Å². The Morgan fingerprint density at radius 3 is 1.63 bits per heavy atom. The number of rotatable bonds is 5. The molecule has 0 heterocycles. The van der Waals surface area contributed by atoms with E-state index in [1.165, 1.54) is 10.4 Å². The van der Waals surface area contributed by atoms with Crippen molar-refractivity contribution in [1.82, 2.24) is 0 Å². The van der Waals surface area contributed by atoms with E-state index in [1.54, 1.807) is 0 Å². The van der Waals surface area contributed by atoms with E-state index < -0.39 is 8.32 Å². The van der Waals surface area contributed by atoms with Crippen molar-refractivity contribution in [3.63, 3.8) is 0 Å². The lowest BCUT2D eigenvalue weighted by molar-refractivity contribution is 0.241. The van der Waals surface area contributed by atoms with Crippen molar-refractivity contribution in [2.45, 2.75) is 20.0 Å². The highest BCUT2D eigenvalue weighted by Crippen LogP contribution is 2.12. The summed E-state index contributed by atoms with van der Waals surface area (Å²) in [5.74, 6) is 0. The quantitative estimate of drug-likeness (QED) is 0.608. The molecule has 2 aromatic carbocycles. The molecule has 0 aliphatic carbocycles. The highest BCUT2D eigenvalue weighted by molar-refractivity contribution is 7.01. The van der Waals surface area contributed by atoms with Gasteiger partial charge in [0.2, 0.25) is 0 Å². The first-order valence-corrected chi connectivity index (χ1v) is 9.19. The topological polar surface area (TPSA) is 9.23 Å². The van der Waals surface area contributed by atoms with Crippen LogP contribution in [0.3, 0.4) is 0 Å². The van der Waals surface area contributed by atoms with E-state index in [-0.39, 0.29) is 6.10 Å². The van der Waals surface area contributed by atoms with E-state index in [9.17, 15) is 0 Å². The molecule has 0 bridgehead atoms. The van der Waals surface area contributed by atoms with Gasteiger partial charge in [-0.3, -0.25) is 0 Å². The van der Waals surface area contributed by atoms with Crippen LogP contribution in [-0.2, 0) is 4.43 Å². The summed E-state index contributed by atoms with van der Waals surface area (Å²) in [6, 6.07) is 20.8. The Morgan fingerprint density at radius 1 is 0.895 bits per heavy atom. The lowest BCUT2D eigenvalue weighted by Gasteiger charge is -2.32. The van der Waals surface area contributed by atoms with Gasteiger partial charge >= 0.3 is 0 Å². The van der Waals surface area contributed by atoms with Gasteiger partial charge in [0, 0.05) is 11.6 Å². The van der Waals surface area contributed by atoms with Crippen molar-refractivity contribution in [2.24, 2.45) is 0 Å². The molecule has 2 aromatic rings. The van der Waals surface area contributed by atoms with Gasteiger partial charge in [-0.05, 0) is 24.2 Å². The fraction of sp³-hybridized carbons (Fsp3) is 0.250. The van der Waals surface area contributed by atoms with E-state index in [0.717, 1.165) is 0 Å². The molecule has 0 aliphatic rings. The Kier molecular flexibility index (Phi) is 4.80. The zero-order valence-electron chi connectivity index (χ0n) is 11.3. The minimum absolute atomic E-state index is 0.158. The van der Waals surface area contributed by atoms with E-state index in [0.29, 0.717) is 5.50 Å². The van der Waals surface area contributed by atoms with Crippen LogP contribution in [0.5, 0.6) is 0 Å². The Labute approximate surface area is 121 Å². The SMILES string of the molecule is CC(C)O[Si](CCl)(c1ccccc1)c1ccccc1. The largest absolute Gasteiger partial charge is 0.404 e. The molecular weight excluding hydrogens is 272 g/mol. The first kappa shape index (κ1) is 14.3. The zero-order chi connectivity index (χ0) is 13.7. The first-order valence-electron chi connectivity index (χ1n) is 6.54. The van der Waals surface area contributed by atoms with Gasteiger partial charge in [-0.2, -0.15) is 0 Å². The van der Waals surface area contributed by atoms with Gasteiger partial charge < -0.3 is 4.43 Å². The summed E-state index contributed by atoms with van der Waals surface area (Å²) >= 11 is 6.37. The molecule has 0 amide bonds. The smallest absolute Gasteiger partial charge is 0.270 e. The summed E-state index contributed by atoms with van der Waals surface area (Å²) in [7, 11) is -2.32. The average Bonchev–Trinajstić information content (AvgIpc) is 2.46. The van der Waals surface area contributed by atoms with Crippen molar-refractivity contribution in [3.8, 4) is 0 Å². The average molecular weight is 291 g/mol. The molecule has 0 atom stereocenters. The molecule has 0 saturated carbocycles. The molecule has 1 nitrogen and oxygen atoms in total. The summed E-state index contributed by atoms with van der Waals surface area (Å²) in [4.78, 5) is 0. The number of benzene rings is 2. The molecule has 19 heavy (non-hydrogen) atoms. The van der Waals surface area contributed by atoms with Crippen LogP contribution in [-0.4, -0.2) is 19.9 Å². The minimum Gasteiger partial charge on any atom is -0.404 e. The predicted molar refractivity (Wildman–Crippen MR) is 84.8 cm³/mol. The Balaban J connectivity index is 2.55. The normalized spacial score (nSPS) is 11.8. The fourth-order valence-electron chi connectivity index (χ4n) is 2.31. The molecule has 0 saturated heterocycles. The van der Waals surface area contributed by atoms with Gasteiger partial charge in [0.05, 0.1) is 0 Å². The predicted octanol–water partition coefficient (Wildman–Crippen LogP) is 2.95. The van der Waals surface area contributed by atoms with Crippen LogP contribution >= 0.6 is 11.6 Å². The molecular formula is C16H19ClOSi. The molecule has 100 valence electrons. The van der Waals surface area contributed by atoms with Crippen molar-refractivity contribution >= 4 is 30.3 Å². The Bertz CT molecular complexity index is 459. The second-order valence-corrected chi connectivity index (χ2v) is 8.97. The third-order valence-corrected chi connectivity index (χ3v) is 8.02. The molecule has 0 N–H and O–H groups in total. The number of alkyl halides is 1. The maximum Gasteiger partial charge on any atom is 0.270 e. The maximum absolute atomic E-state index is 6.37. The molecule has 0 aliphatic heterocycles. The van der Waals surface area contributed by atoms with E-state index in [4.69, 9.17) is 16.0 Å². The molecule has 0 spiro atoms. The summed E-state index contributed by atoms with van der Waals surface area (Å²) in [5, 5.41) is 2.45. The van der Waals surface area contributed by atoms with Crippen LogP contribution in [0.4, 0.5) is 0 Å². The van der Waals surface area contributed by atoms with Crippen LogP contribution in [0, 0.1) is 0 Å². The van der Waals surface area contributed by atoms with Gasteiger partial charge in [0.1, 0.15) is 0 Å². The summed E-state index contributed by atoms with van der Waals surface area (Å²) in [6.07, 6.45) is 0.158. The monoisotopic (exact) mass is 290 g/mol. The standard InChI is InChI=1S/C16H19ClOSi/c1-14(2)18-19(13-17,15-9-5-3-6-10-15)16-11-7-4-8-12-16/h3-12,14H,13H2,1-2H3. The lowest BCUT2D eigenvalue weighted by Crippen LogP contribution is -2.63. The maximum atomic E-state index is 6.37. The van der Waals surface area contributed by atoms with Crippen molar-refractivity contribution in [2.75, 3.05) is 5.50 Å². The second-order valence-electron chi connectivity index (χ2n) is 4.86. The van der Waals surface area contributed by atoms with Crippen LogP contribution in [0.25, 0.3) is 0 Å². The number of halogens is 1. The van der Waals surface area contributed by atoms with Gasteiger partial charge in [0.15, 0.2) is 0 Å². The summed E-state index contributed by atoms with van der Waals surface area (Å²) in [6.45, 7) is 4.14. The van der Waals surface area contributed by atoms with Crippen LogP contribution < -0.4 is 10.4 Å². The van der Waals surface area contributed by atoms with E-state index in [2.05, 4.69) is 62.4 Å². The van der Waals surface area contributed by atoms with E-state index in [1.807, 2.05) is 12.1 Å². The number of hydrogen-bond acceptors (Lipinski definition) is 1. The molecule has 0 aromatic heterocycles. The summed E-state index contributed by atoms with van der Waals surface area (Å²) < 4.78 is 6.37. The zero-order valence-corrected chi connectivity index (χ0v) is 13.1. The number of hydrogen-bond donors (Lipinski definition) is 0. The van der Waals surface area contributed by atoms with Gasteiger partial charge in [-0.1, -0.05) is 60.7 Å². The lowest BCUT2D eigenvalue weighted by atomic mass is 10.4. The second kappa shape index (κ2) is 6.37. The van der Waals surface area contributed by atoms with E-state index >= 15 is 0 Å². The van der Waals surface area contributed by atoms with Gasteiger partial charge in [0.25, 0.3) is 8.32 Å². The van der Waals surface area contributed by atoms with Crippen molar-refractivity contribution < 1.29 is 4.43 Å². The molecule has 0 unspecified atom stereocenters. The van der Waals surface area contributed by atoms with Crippen molar-refractivity contribution in [1.29, 1.82) is 0 Å². The Hall–Kier alpha value is -1.09. The van der Waals surface area contributed by atoms with Crippen LogP contribution in [0.15, 0.2) is 60.7 Å². The summed E-state index contributed by atoms with van der Waals surface area (Å²) in [5.41, 5.74) is 0.527. The van der Waals surface area contributed by atoms with Crippen molar-refractivity contribution in [3.05, 3.63) is 60.7 Å². The third kappa shape index (κ3) is 3.08. The van der Waals surface area contributed by atoms with Crippen LogP contribution in [0.1, 0.15) is 13.8 Å². The highest BCUT2D eigenvalue weighted by Gasteiger charge is 2.39. The molecule has 0 fully saturated rings. The Morgan fingerprint density at radius 2 is 1.32 bits per heavy atom. The third-order valence-electron chi connectivity index (χ3n) is 3.11.